The summed E-state index contributed by atoms with van der Waals surface area (Å²) in [4.78, 5) is 15.9. The molecule has 1 aliphatic carbocycles. The van der Waals surface area contributed by atoms with E-state index in [2.05, 4.69) is 15.1 Å². The van der Waals surface area contributed by atoms with Gasteiger partial charge in [0.1, 0.15) is 11.2 Å². The smallest absolute Gasteiger partial charge is 0.182 e. The van der Waals surface area contributed by atoms with E-state index in [1.807, 2.05) is 12.1 Å². The van der Waals surface area contributed by atoms with Gasteiger partial charge in [0.15, 0.2) is 11.5 Å². The largest absolute Gasteiger partial charge is 0.265 e. The first-order valence-electron chi connectivity index (χ1n) is 6.96. The van der Waals surface area contributed by atoms with Gasteiger partial charge in [0.2, 0.25) is 0 Å². The van der Waals surface area contributed by atoms with E-state index < -0.39 is 0 Å². The van der Waals surface area contributed by atoms with Gasteiger partial charge in [0, 0.05) is 22.8 Å². The molecule has 0 fully saturated rings. The lowest BCUT2D eigenvalue weighted by atomic mass is 10.2. The lowest BCUT2D eigenvalue weighted by molar-refractivity contribution is 0.914. The first kappa shape index (κ1) is 11.3. The fourth-order valence-corrected chi connectivity index (χ4v) is 4.24. The van der Waals surface area contributed by atoms with Crippen LogP contribution in [0, 0.1) is 0 Å². The van der Waals surface area contributed by atoms with E-state index in [1.54, 1.807) is 34.6 Å². The van der Waals surface area contributed by atoms with Crippen LogP contribution in [0.3, 0.4) is 0 Å². The molecule has 0 atom stereocenters. The summed E-state index contributed by atoms with van der Waals surface area (Å²) in [5.74, 6) is 0.727. The van der Waals surface area contributed by atoms with Crippen LogP contribution in [0.15, 0.2) is 30.9 Å². The van der Waals surface area contributed by atoms with E-state index in [0.717, 1.165) is 28.3 Å². The fraction of sp³-hybridized carbons (Fsp3) is 0.200. The molecule has 0 aromatic carbocycles. The highest BCUT2D eigenvalue weighted by Crippen LogP contribution is 2.38. The zero-order valence-electron chi connectivity index (χ0n) is 11.2. The molecule has 0 amide bonds. The zero-order valence-corrected chi connectivity index (χ0v) is 12.0. The topological polar surface area (TPSA) is 56.0 Å². The summed E-state index contributed by atoms with van der Waals surface area (Å²) in [5, 5.41) is 5.76. The highest BCUT2D eigenvalue weighted by molar-refractivity contribution is 7.19. The van der Waals surface area contributed by atoms with E-state index in [0.29, 0.717) is 0 Å². The lowest BCUT2D eigenvalue weighted by Crippen LogP contribution is -1.90. The van der Waals surface area contributed by atoms with Crippen molar-refractivity contribution in [1.82, 2.24) is 24.6 Å². The molecule has 0 spiro atoms. The van der Waals surface area contributed by atoms with Crippen molar-refractivity contribution in [2.75, 3.05) is 0 Å². The first-order chi connectivity index (χ1) is 10.4. The number of hydrogen-bond acceptors (Lipinski definition) is 5. The second-order valence-electron chi connectivity index (χ2n) is 5.22. The SMILES string of the molecule is c1cc(-c2nc3c4c5c(sc4ncn3n2)CCC5)ccn1. The van der Waals surface area contributed by atoms with Crippen LogP contribution < -0.4 is 0 Å². The Kier molecular flexibility index (Phi) is 2.20. The zero-order chi connectivity index (χ0) is 13.8. The van der Waals surface area contributed by atoms with Crippen LogP contribution in [-0.2, 0) is 12.8 Å². The predicted octanol–water partition coefficient (Wildman–Crippen LogP) is 2.89. The second kappa shape index (κ2) is 4.08. The van der Waals surface area contributed by atoms with Crippen LogP contribution in [-0.4, -0.2) is 24.6 Å². The molecular weight excluding hydrogens is 282 g/mol. The van der Waals surface area contributed by atoms with Crippen molar-refractivity contribution in [3.8, 4) is 11.4 Å². The van der Waals surface area contributed by atoms with Gasteiger partial charge in [-0.2, -0.15) is 0 Å². The maximum atomic E-state index is 4.75. The molecule has 5 nitrogen and oxygen atoms in total. The van der Waals surface area contributed by atoms with Crippen molar-refractivity contribution >= 4 is 27.2 Å². The molecule has 0 radical (unpaired) electrons. The Balaban J connectivity index is 1.84. The molecule has 0 unspecified atom stereocenters. The summed E-state index contributed by atoms with van der Waals surface area (Å²) in [6.45, 7) is 0. The third-order valence-corrected chi connectivity index (χ3v) is 5.18. The van der Waals surface area contributed by atoms with Crippen LogP contribution in [0.1, 0.15) is 16.9 Å². The van der Waals surface area contributed by atoms with Crippen molar-refractivity contribution in [2.45, 2.75) is 19.3 Å². The summed E-state index contributed by atoms with van der Waals surface area (Å²) < 4.78 is 1.80. The number of pyridine rings is 1. The molecule has 0 bridgehead atoms. The minimum absolute atomic E-state index is 0.727. The molecule has 102 valence electrons. The second-order valence-corrected chi connectivity index (χ2v) is 6.31. The van der Waals surface area contributed by atoms with Gasteiger partial charge < -0.3 is 0 Å². The molecule has 0 N–H and O–H groups in total. The van der Waals surface area contributed by atoms with Crippen LogP contribution in [0.5, 0.6) is 0 Å². The molecule has 0 saturated heterocycles. The number of fused-ring (bicyclic) bond motifs is 5. The number of aryl methyl sites for hydroxylation is 2. The summed E-state index contributed by atoms with van der Waals surface area (Å²) >= 11 is 1.80. The van der Waals surface area contributed by atoms with E-state index in [4.69, 9.17) is 4.98 Å². The number of nitrogens with zero attached hydrogens (tertiary/aromatic N) is 5. The number of rotatable bonds is 1. The van der Waals surface area contributed by atoms with Crippen molar-refractivity contribution in [3.05, 3.63) is 41.3 Å². The quantitative estimate of drug-likeness (QED) is 0.541. The average molecular weight is 293 g/mol. The summed E-state index contributed by atoms with van der Waals surface area (Å²) in [6, 6.07) is 3.86. The van der Waals surface area contributed by atoms with Gasteiger partial charge in [0.25, 0.3) is 0 Å². The monoisotopic (exact) mass is 293 g/mol. The van der Waals surface area contributed by atoms with E-state index in [-0.39, 0.29) is 0 Å². The van der Waals surface area contributed by atoms with Crippen molar-refractivity contribution in [1.29, 1.82) is 0 Å². The minimum atomic E-state index is 0.727. The standard InChI is InChI=1S/C15H11N5S/c1-2-10-11(3-1)21-15-12(10)14-18-13(19-20(14)8-17-15)9-4-6-16-7-5-9/h4-8H,1-3H2. The molecular formula is C15H11N5S. The lowest BCUT2D eigenvalue weighted by Gasteiger charge is -1.95. The van der Waals surface area contributed by atoms with Crippen molar-refractivity contribution in [3.63, 3.8) is 0 Å². The van der Waals surface area contributed by atoms with Gasteiger partial charge in [-0.05, 0) is 37.0 Å². The van der Waals surface area contributed by atoms with Crippen LogP contribution >= 0.6 is 11.3 Å². The Hall–Kier alpha value is -2.34. The average Bonchev–Trinajstić information content (AvgIpc) is 3.20. The number of hydrogen-bond donors (Lipinski definition) is 0. The van der Waals surface area contributed by atoms with Crippen LogP contribution in [0.25, 0.3) is 27.3 Å². The summed E-state index contributed by atoms with van der Waals surface area (Å²) in [6.07, 6.45) is 8.83. The third kappa shape index (κ3) is 1.56. The van der Waals surface area contributed by atoms with Gasteiger partial charge in [-0.25, -0.2) is 14.5 Å². The van der Waals surface area contributed by atoms with Crippen LogP contribution in [0.2, 0.25) is 0 Å². The Morgan fingerprint density at radius 1 is 1.14 bits per heavy atom. The maximum absolute atomic E-state index is 4.75. The molecule has 5 rings (SSSR count). The predicted molar refractivity (Wildman–Crippen MR) is 81.4 cm³/mol. The third-order valence-electron chi connectivity index (χ3n) is 3.98. The minimum Gasteiger partial charge on any atom is -0.265 e. The van der Waals surface area contributed by atoms with E-state index in [1.165, 1.54) is 28.7 Å². The van der Waals surface area contributed by atoms with Gasteiger partial charge in [-0.3, -0.25) is 4.98 Å². The van der Waals surface area contributed by atoms with Gasteiger partial charge in [0.05, 0.1) is 5.39 Å². The van der Waals surface area contributed by atoms with Crippen molar-refractivity contribution < 1.29 is 0 Å². The Morgan fingerprint density at radius 3 is 2.95 bits per heavy atom. The highest BCUT2D eigenvalue weighted by atomic mass is 32.1. The van der Waals surface area contributed by atoms with E-state index in [9.17, 15) is 0 Å². The first-order valence-corrected chi connectivity index (χ1v) is 7.78. The number of thiophene rings is 1. The highest BCUT2D eigenvalue weighted by Gasteiger charge is 2.21. The Morgan fingerprint density at radius 2 is 2.05 bits per heavy atom. The molecule has 4 heterocycles. The molecule has 4 aromatic rings. The maximum Gasteiger partial charge on any atom is 0.182 e. The molecule has 21 heavy (non-hydrogen) atoms. The van der Waals surface area contributed by atoms with Gasteiger partial charge in [-0.1, -0.05) is 0 Å². The van der Waals surface area contributed by atoms with Crippen LogP contribution in [0.4, 0.5) is 0 Å². The molecule has 4 aromatic heterocycles. The van der Waals surface area contributed by atoms with Crippen molar-refractivity contribution in [2.24, 2.45) is 0 Å². The molecule has 1 aliphatic rings. The molecule has 6 heteroatoms. The Labute approximate surface area is 124 Å². The van der Waals surface area contributed by atoms with Gasteiger partial charge >= 0.3 is 0 Å². The molecule has 0 saturated carbocycles. The number of aromatic nitrogens is 5. The summed E-state index contributed by atoms with van der Waals surface area (Å²) in [5.41, 5.74) is 3.33. The Bertz CT molecular complexity index is 970. The molecule has 0 aliphatic heterocycles. The van der Waals surface area contributed by atoms with Gasteiger partial charge in [-0.15, -0.1) is 16.4 Å². The normalized spacial score (nSPS) is 14.1. The fourth-order valence-electron chi connectivity index (χ4n) is 3.02. The van der Waals surface area contributed by atoms with E-state index >= 15 is 0 Å². The summed E-state index contributed by atoms with van der Waals surface area (Å²) in [7, 11) is 0.